The number of aryl methyl sites for hydroxylation is 1. The van der Waals surface area contributed by atoms with Crippen molar-refractivity contribution < 1.29 is 4.79 Å². The highest BCUT2D eigenvalue weighted by Crippen LogP contribution is 2.20. The van der Waals surface area contributed by atoms with Crippen LogP contribution in [0.5, 0.6) is 0 Å². The third-order valence-electron chi connectivity index (χ3n) is 4.56. The second-order valence-electron chi connectivity index (χ2n) is 6.60. The first-order valence-electron chi connectivity index (χ1n) is 9.29. The number of nitrogens with zero attached hydrogens (tertiary/aromatic N) is 2. The van der Waals surface area contributed by atoms with Gasteiger partial charge in [0.25, 0.3) is 0 Å². The van der Waals surface area contributed by atoms with Gasteiger partial charge in [-0.05, 0) is 34.9 Å². The normalized spacial score (nSPS) is 10.9. The molecule has 1 amide bonds. The molecule has 0 aliphatic heterocycles. The number of fused-ring (bicyclic) bond motifs is 1. The van der Waals surface area contributed by atoms with E-state index in [0.717, 1.165) is 28.4 Å². The lowest BCUT2D eigenvalue weighted by Crippen LogP contribution is -2.20. The van der Waals surface area contributed by atoms with Gasteiger partial charge in [-0.1, -0.05) is 72.4 Å². The number of anilines is 1. The fourth-order valence-electron chi connectivity index (χ4n) is 3.09. The molecule has 0 radical (unpaired) electrons. The third kappa shape index (κ3) is 4.75. The van der Waals surface area contributed by atoms with Crippen LogP contribution < -0.4 is 11.0 Å². The van der Waals surface area contributed by atoms with Crippen LogP contribution >= 0.6 is 11.8 Å². The van der Waals surface area contributed by atoms with Crippen molar-refractivity contribution in [2.75, 3.05) is 11.1 Å². The predicted molar refractivity (Wildman–Crippen MR) is 116 cm³/mol. The number of benzene rings is 3. The summed E-state index contributed by atoms with van der Waals surface area (Å²) in [4.78, 5) is 24.4. The summed E-state index contributed by atoms with van der Waals surface area (Å²) in [5.41, 5.74) is 1.63. The molecule has 7 heteroatoms. The zero-order chi connectivity index (χ0) is 20.1. The Morgan fingerprint density at radius 2 is 1.76 bits per heavy atom. The number of hydrogen-bond acceptors (Lipinski definition) is 4. The molecule has 1 aromatic heterocycles. The smallest absolute Gasteiger partial charge is 0.325 e. The second kappa shape index (κ2) is 8.79. The molecule has 6 nitrogen and oxygen atoms in total. The number of thioether (sulfide) groups is 1. The number of nitrogens with one attached hydrogen (secondary N) is 2. The molecule has 29 heavy (non-hydrogen) atoms. The van der Waals surface area contributed by atoms with Crippen molar-refractivity contribution >= 4 is 34.1 Å². The molecule has 1 heterocycles. The summed E-state index contributed by atoms with van der Waals surface area (Å²) in [7, 11) is 0. The molecule has 0 bridgehead atoms. The number of carbonyl (C=O) groups is 1. The summed E-state index contributed by atoms with van der Waals surface area (Å²) in [5.74, 6) is 0.0259. The average molecular weight is 404 g/mol. The van der Waals surface area contributed by atoms with Gasteiger partial charge in [0.1, 0.15) is 0 Å². The van der Waals surface area contributed by atoms with Crippen LogP contribution in [0.3, 0.4) is 0 Å². The molecule has 0 unspecified atom stereocenters. The number of aromatic nitrogens is 3. The van der Waals surface area contributed by atoms with E-state index in [1.807, 2.05) is 72.8 Å². The Balaban J connectivity index is 1.37. The van der Waals surface area contributed by atoms with E-state index in [4.69, 9.17) is 0 Å². The summed E-state index contributed by atoms with van der Waals surface area (Å²) < 4.78 is 1.57. The van der Waals surface area contributed by atoms with Gasteiger partial charge in [-0.25, -0.2) is 9.89 Å². The van der Waals surface area contributed by atoms with Gasteiger partial charge in [0.2, 0.25) is 5.91 Å². The molecular weight excluding hydrogens is 384 g/mol. The Hall–Kier alpha value is -3.32. The lowest BCUT2D eigenvalue weighted by atomic mass is 10.1. The highest BCUT2D eigenvalue weighted by molar-refractivity contribution is 7.99. The summed E-state index contributed by atoms with van der Waals surface area (Å²) in [5, 5.41) is 12.1. The maximum Gasteiger partial charge on any atom is 0.343 e. The van der Waals surface area contributed by atoms with Gasteiger partial charge >= 0.3 is 5.69 Å². The Morgan fingerprint density at radius 1 is 1.00 bits per heavy atom. The van der Waals surface area contributed by atoms with Crippen molar-refractivity contribution in [3.05, 3.63) is 88.8 Å². The van der Waals surface area contributed by atoms with E-state index < -0.39 is 0 Å². The number of rotatable bonds is 7. The van der Waals surface area contributed by atoms with Gasteiger partial charge in [-0.3, -0.25) is 9.36 Å². The molecular formula is C22H20N4O2S. The Labute approximate surface area is 172 Å². The van der Waals surface area contributed by atoms with Crippen LogP contribution in [0.4, 0.5) is 5.69 Å². The van der Waals surface area contributed by atoms with Crippen molar-refractivity contribution in [1.82, 2.24) is 14.8 Å². The van der Waals surface area contributed by atoms with E-state index in [1.165, 1.54) is 11.8 Å². The van der Waals surface area contributed by atoms with E-state index >= 15 is 0 Å². The summed E-state index contributed by atoms with van der Waals surface area (Å²) in [6, 6.07) is 23.8. The van der Waals surface area contributed by atoms with Gasteiger partial charge < -0.3 is 5.32 Å². The van der Waals surface area contributed by atoms with Gasteiger partial charge in [-0.15, -0.1) is 5.10 Å². The molecule has 0 atom stereocenters. The van der Waals surface area contributed by atoms with Gasteiger partial charge in [0, 0.05) is 12.2 Å². The number of aromatic amines is 1. The van der Waals surface area contributed by atoms with E-state index in [1.54, 1.807) is 4.57 Å². The predicted octanol–water partition coefficient (Wildman–Crippen LogP) is 3.70. The highest BCUT2D eigenvalue weighted by atomic mass is 32.2. The molecule has 0 aliphatic carbocycles. The molecule has 0 aliphatic rings. The first kappa shape index (κ1) is 19.0. The zero-order valence-corrected chi connectivity index (χ0v) is 16.5. The average Bonchev–Trinajstić information content (AvgIpc) is 3.11. The van der Waals surface area contributed by atoms with E-state index in [9.17, 15) is 9.59 Å². The summed E-state index contributed by atoms with van der Waals surface area (Å²) in [6.45, 7) is 0.508. The topological polar surface area (TPSA) is 79.8 Å². The fraction of sp³-hybridized carbons (Fsp3) is 0.136. The van der Waals surface area contributed by atoms with Crippen LogP contribution in [0.25, 0.3) is 10.8 Å². The number of carbonyl (C=O) groups excluding carboxylic acids is 1. The molecule has 146 valence electrons. The maximum absolute atomic E-state index is 12.4. The molecule has 0 fully saturated rings. The first-order chi connectivity index (χ1) is 14.2. The fourth-order valence-corrected chi connectivity index (χ4v) is 3.86. The highest BCUT2D eigenvalue weighted by Gasteiger charge is 2.12. The minimum atomic E-state index is -0.265. The Bertz CT molecular complexity index is 1180. The lowest BCUT2D eigenvalue weighted by molar-refractivity contribution is -0.113. The standard InChI is InChI=1S/C22H20N4O2S/c27-20(23-19-11-10-17-8-4-5-9-18(17)14-19)15-29-22-25-24-21(28)26(22)13-12-16-6-2-1-3-7-16/h1-11,14H,12-13,15H2,(H,23,27)(H,24,28). The molecule has 2 N–H and O–H groups in total. The Morgan fingerprint density at radius 3 is 2.59 bits per heavy atom. The van der Waals surface area contributed by atoms with Crippen LogP contribution in [0.2, 0.25) is 0 Å². The van der Waals surface area contributed by atoms with Crippen molar-refractivity contribution in [3.63, 3.8) is 0 Å². The van der Waals surface area contributed by atoms with E-state index in [0.29, 0.717) is 11.7 Å². The van der Waals surface area contributed by atoms with E-state index in [2.05, 4.69) is 15.5 Å². The van der Waals surface area contributed by atoms with Crippen LogP contribution in [-0.2, 0) is 17.8 Å². The van der Waals surface area contributed by atoms with Crippen molar-refractivity contribution in [3.8, 4) is 0 Å². The van der Waals surface area contributed by atoms with Crippen LogP contribution in [0.1, 0.15) is 5.56 Å². The zero-order valence-electron chi connectivity index (χ0n) is 15.7. The van der Waals surface area contributed by atoms with Crippen LogP contribution in [0.15, 0.2) is 82.7 Å². The monoisotopic (exact) mass is 404 g/mol. The van der Waals surface area contributed by atoms with Crippen LogP contribution in [-0.4, -0.2) is 26.4 Å². The minimum absolute atomic E-state index is 0.143. The largest absolute Gasteiger partial charge is 0.343 e. The molecule has 4 rings (SSSR count). The molecule has 0 spiro atoms. The molecule has 0 saturated carbocycles. The van der Waals surface area contributed by atoms with Crippen LogP contribution in [0, 0.1) is 0 Å². The minimum Gasteiger partial charge on any atom is -0.325 e. The van der Waals surface area contributed by atoms with Crippen molar-refractivity contribution in [2.24, 2.45) is 0 Å². The Kier molecular flexibility index (Phi) is 5.76. The second-order valence-corrected chi connectivity index (χ2v) is 7.54. The molecule has 3 aromatic carbocycles. The number of amides is 1. The SMILES string of the molecule is O=C(CSc1n[nH]c(=O)n1CCc1ccccc1)Nc1ccc2ccccc2c1. The third-order valence-corrected chi connectivity index (χ3v) is 5.53. The van der Waals surface area contributed by atoms with Crippen molar-refractivity contribution in [2.45, 2.75) is 18.1 Å². The van der Waals surface area contributed by atoms with E-state index in [-0.39, 0.29) is 17.3 Å². The number of H-pyrrole nitrogens is 1. The lowest BCUT2D eigenvalue weighted by Gasteiger charge is -2.08. The first-order valence-corrected chi connectivity index (χ1v) is 10.3. The quantitative estimate of drug-likeness (QED) is 0.460. The summed E-state index contributed by atoms with van der Waals surface area (Å²) >= 11 is 1.24. The maximum atomic E-state index is 12.4. The van der Waals surface area contributed by atoms with Crippen molar-refractivity contribution in [1.29, 1.82) is 0 Å². The molecule has 4 aromatic rings. The van der Waals surface area contributed by atoms with Gasteiger partial charge in [-0.2, -0.15) is 0 Å². The van der Waals surface area contributed by atoms with Gasteiger partial charge in [0.05, 0.1) is 5.75 Å². The summed E-state index contributed by atoms with van der Waals surface area (Å²) in [6.07, 6.45) is 0.719. The number of hydrogen-bond donors (Lipinski definition) is 2. The molecule has 0 saturated heterocycles. The van der Waals surface area contributed by atoms with Gasteiger partial charge in [0.15, 0.2) is 5.16 Å².